The third-order valence-electron chi connectivity index (χ3n) is 3.68. The van der Waals surface area contributed by atoms with Crippen LogP contribution in [-0.4, -0.2) is 16.0 Å². The summed E-state index contributed by atoms with van der Waals surface area (Å²) >= 11 is 0. The van der Waals surface area contributed by atoms with Gasteiger partial charge >= 0.3 is 6.01 Å². The fourth-order valence-electron chi connectivity index (χ4n) is 2.30. The van der Waals surface area contributed by atoms with Crippen molar-refractivity contribution in [3.63, 3.8) is 0 Å². The molecule has 3 rings (SSSR count). The van der Waals surface area contributed by atoms with E-state index in [-0.39, 0.29) is 24.3 Å². The lowest BCUT2D eigenvalue weighted by atomic mass is 9.97. The van der Waals surface area contributed by atoms with Crippen molar-refractivity contribution >= 4 is 5.82 Å². The van der Waals surface area contributed by atoms with Gasteiger partial charge in [-0.05, 0) is 30.5 Å². The Morgan fingerprint density at radius 2 is 1.75 bits per heavy atom. The van der Waals surface area contributed by atoms with Gasteiger partial charge in [-0.15, -0.1) is 0 Å². The number of anilines is 1. The van der Waals surface area contributed by atoms with Gasteiger partial charge in [-0.1, -0.05) is 31.4 Å². The van der Waals surface area contributed by atoms with Gasteiger partial charge in [0.2, 0.25) is 0 Å². The summed E-state index contributed by atoms with van der Waals surface area (Å²) in [5, 5.41) is 0. The van der Waals surface area contributed by atoms with Gasteiger partial charge in [-0.2, -0.15) is 4.98 Å². The van der Waals surface area contributed by atoms with Crippen LogP contribution in [0, 0.1) is 11.6 Å². The minimum Gasteiger partial charge on any atom is -0.459 e. The lowest BCUT2D eigenvalue weighted by Crippen LogP contribution is -2.22. The Labute approximate surface area is 140 Å². The molecule has 5 nitrogen and oxygen atoms in total. The molecule has 0 aliphatic heterocycles. The number of rotatable bonds is 3. The average Bonchev–Trinajstić information content (AvgIpc) is 2.59. The third kappa shape index (κ3) is 6.08. The third-order valence-corrected chi connectivity index (χ3v) is 3.68. The topological polar surface area (TPSA) is 87.1 Å². The van der Waals surface area contributed by atoms with Gasteiger partial charge in [-0.25, -0.2) is 13.8 Å². The number of hydrogen-bond donors (Lipinski definition) is 2. The number of aromatic nitrogens is 2. The fourth-order valence-corrected chi connectivity index (χ4v) is 2.30. The first kappa shape index (κ1) is 18.1. The minimum absolute atomic E-state index is 0.0202. The predicted molar refractivity (Wildman–Crippen MR) is 88.2 cm³/mol. The second kappa shape index (κ2) is 9.12. The van der Waals surface area contributed by atoms with Gasteiger partial charge in [0.1, 0.15) is 12.4 Å². The Bertz CT molecular complexity index is 631. The first-order chi connectivity index (χ1) is 11.5. The molecule has 0 amide bonds. The van der Waals surface area contributed by atoms with Gasteiger partial charge < -0.3 is 16.2 Å². The Balaban J connectivity index is 0.000000249. The SMILES string of the molecule is NC1CCCCC1.Nc1nc(OCc2ccc(F)cc2)ncc1F. The molecule has 2 aromatic rings. The van der Waals surface area contributed by atoms with Crippen LogP contribution in [0.25, 0.3) is 0 Å². The van der Waals surface area contributed by atoms with Crippen molar-refractivity contribution in [2.24, 2.45) is 5.73 Å². The zero-order valence-electron chi connectivity index (χ0n) is 13.4. The van der Waals surface area contributed by atoms with Crippen molar-refractivity contribution in [1.29, 1.82) is 0 Å². The zero-order chi connectivity index (χ0) is 17.4. The molecule has 1 saturated carbocycles. The Kier molecular flexibility index (Phi) is 6.87. The van der Waals surface area contributed by atoms with Crippen LogP contribution in [0.1, 0.15) is 37.7 Å². The molecule has 7 heteroatoms. The smallest absolute Gasteiger partial charge is 0.318 e. The van der Waals surface area contributed by atoms with Crippen molar-refractivity contribution in [2.75, 3.05) is 5.73 Å². The van der Waals surface area contributed by atoms with E-state index in [2.05, 4.69) is 9.97 Å². The molecular weight excluding hydrogens is 314 g/mol. The maximum Gasteiger partial charge on any atom is 0.318 e. The van der Waals surface area contributed by atoms with Gasteiger partial charge in [0, 0.05) is 6.04 Å². The molecule has 0 saturated heterocycles. The highest BCUT2D eigenvalue weighted by Gasteiger charge is 2.06. The number of benzene rings is 1. The Morgan fingerprint density at radius 1 is 1.08 bits per heavy atom. The lowest BCUT2D eigenvalue weighted by Gasteiger charge is -2.15. The van der Waals surface area contributed by atoms with Crippen LogP contribution in [0.5, 0.6) is 6.01 Å². The van der Waals surface area contributed by atoms with Crippen LogP contribution in [0.4, 0.5) is 14.6 Å². The molecule has 1 heterocycles. The summed E-state index contributed by atoms with van der Waals surface area (Å²) in [6.07, 6.45) is 7.60. The number of nitrogens with two attached hydrogens (primary N) is 2. The van der Waals surface area contributed by atoms with Crippen molar-refractivity contribution in [2.45, 2.75) is 44.8 Å². The highest BCUT2D eigenvalue weighted by Crippen LogP contribution is 2.15. The van der Waals surface area contributed by atoms with E-state index >= 15 is 0 Å². The molecule has 0 bridgehead atoms. The summed E-state index contributed by atoms with van der Waals surface area (Å²) in [6.45, 7) is 0.158. The van der Waals surface area contributed by atoms with E-state index in [1.807, 2.05) is 0 Å². The molecule has 1 aliphatic rings. The number of hydrogen-bond acceptors (Lipinski definition) is 5. The van der Waals surface area contributed by atoms with Gasteiger partial charge in [0.25, 0.3) is 0 Å². The number of halogens is 2. The van der Waals surface area contributed by atoms with Gasteiger partial charge in [0.05, 0.1) is 6.20 Å². The highest BCUT2D eigenvalue weighted by atomic mass is 19.1. The summed E-state index contributed by atoms with van der Waals surface area (Å²) < 4.78 is 30.6. The molecule has 0 unspecified atom stereocenters. The zero-order valence-corrected chi connectivity index (χ0v) is 13.4. The molecule has 0 atom stereocenters. The normalized spacial score (nSPS) is 14.6. The summed E-state index contributed by atoms with van der Waals surface area (Å²) in [4.78, 5) is 7.21. The van der Waals surface area contributed by atoms with Crippen LogP contribution in [0.15, 0.2) is 30.5 Å². The maximum absolute atomic E-state index is 12.8. The fraction of sp³-hybridized carbons (Fsp3) is 0.412. The molecule has 1 aromatic carbocycles. The molecule has 130 valence electrons. The van der Waals surface area contributed by atoms with E-state index < -0.39 is 5.82 Å². The second-order valence-corrected chi connectivity index (χ2v) is 5.70. The van der Waals surface area contributed by atoms with Crippen LogP contribution < -0.4 is 16.2 Å². The predicted octanol–water partition coefficient (Wildman–Crippen LogP) is 3.19. The quantitative estimate of drug-likeness (QED) is 0.899. The summed E-state index contributed by atoms with van der Waals surface area (Å²) in [5.74, 6) is -1.29. The first-order valence-corrected chi connectivity index (χ1v) is 7.95. The summed E-state index contributed by atoms with van der Waals surface area (Å²) in [5.41, 5.74) is 11.6. The van der Waals surface area contributed by atoms with Crippen LogP contribution >= 0.6 is 0 Å². The monoisotopic (exact) mass is 336 g/mol. The molecule has 1 fully saturated rings. The van der Waals surface area contributed by atoms with Crippen LogP contribution in [0.3, 0.4) is 0 Å². The molecule has 1 aliphatic carbocycles. The van der Waals surface area contributed by atoms with E-state index in [4.69, 9.17) is 16.2 Å². The van der Waals surface area contributed by atoms with Gasteiger partial charge in [0.15, 0.2) is 11.6 Å². The molecule has 1 aromatic heterocycles. The molecule has 24 heavy (non-hydrogen) atoms. The maximum atomic E-state index is 12.8. The highest BCUT2D eigenvalue weighted by molar-refractivity contribution is 5.29. The van der Waals surface area contributed by atoms with Crippen molar-refractivity contribution in [1.82, 2.24) is 9.97 Å². The van der Waals surface area contributed by atoms with E-state index in [0.29, 0.717) is 6.04 Å². The molecule has 0 spiro atoms. The Morgan fingerprint density at radius 3 is 2.29 bits per heavy atom. The molecule has 4 N–H and O–H groups in total. The minimum atomic E-state index is -0.695. The molecule has 0 radical (unpaired) electrons. The second-order valence-electron chi connectivity index (χ2n) is 5.70. The van der Waals surface area contributed by atoms with Crippen molar-refractivity contribution in [3.8, 4) is 6.01 Å². The average molecular weight is 336 g/mol. The summed E-state index contributed by atoms with van der Waals surface area (Å²) in [6, 6.07) is 6.30. The number of ether oxygens (including phenoxy) is 1. The number of nitrogen functional groups attached to an aromatic ring is 1. The van der Waals surface area contributed by atoms with Crippen LogP contribution in [-0.2, 0) is 6.61 Å². The molecular formula is C17H22F2N4O. The van der Waals surface area contributed by atoms with E-state index in [0.717, 1.165) is 11.8 Å². The number of nitrogens with zero attached hydrogens (tertiary/aromatic N) is 2. The van der Waals surface area contributed by atoms with Crippen molar-refractivity contribution in [3.05, 3.63) is 47.7 Å². The van der Waals surface area contributed by atoms with E-state index in [1.54, 1.807) is 12.1 Å². The van der Waals surface area contributed by atoms with Crippen LogP contribution in [0.2, 0.25) is 0 Å². The first-order valence-electron chi connectivity index (χ1n) is 7.95. The van der Waals surface area contributed by atoms with E-state index in [1.165, 1.54) is 44.2 Å². The largest absolute Gasteiger partial charge is 0.459 e. The standard InChI is InChI=1S/C11H9F2N3O.C6H13N/c12-8-3-1-7(2-4-8)6-17-11-15-5-9(13)10(14)16-11;7-6-4-2-1-3-5-6/h1-5H,6H2,(H2,14,15,16);6H,1-5,7H2. The summed E-state index contributed by atoms with van der Waals surface area (Å²) in [7, 11) is 0. The van der Waals surface area contributed by atoms with Crippen molar-refractivity contribution < 1.29 is 13.5 Å². The van der Waals surface area contributed by atoms with E-state index in [9.17, 15) is 8.78 Å². The van der Waals surface area contributed by atoms with Gasteiger partial charge in [-0.3, -0.25) is 0 Å². The lowest BCUT2D eigenvalue weighted by molar-refractivity contribution is 0.280. The Hall–Kier alpha value is -2.28.